The molecule has 2 aromatic carbocycles. The Morgan fingerprint density at radius 2 is 1.65 bits per heavy atom. The average Bonchev–Trinajstić information content (AvgIpc) is 2.83. The quantitative estimate of drug-likeness (QED) is 0.481. The van der Waals surface area contributed by atoms with E-state index in [0.29, 0.717) is 17.3 Å². The van der Waals surface area contributed by atoms with Gasteiger partial charge in [-0.1, -0.05) is 62.4 Å². The Bertz CT molecular complexity index is 1240. The van der Waals surface area contributed by atoms with Crippen LogP contribution in [0.15, 0.2) is 59.4 Å². The van der Waals surface area contributed by atoms with Gasteiger partial charge in [-0.2, -0.15) is 5.10 Å². The first-order valence-electron chi connectivity index (χ1n) is 10.9. The molecule has 9 nitrogen and oxygen atoms in total. The number of nitrogens with one attached hydrogen (secondary N) is 1. The molecule has 3 rings (SSSR count). The SMILES string of the molecule is COC(=O)C(Cc1ccccc1)NC(=O)COC(=O)c1nn(CC(C)C)c(=O)c2ccccc12. The maximum Gasteiger partial charge on any atom is 0.359 e. The van der Waals surface area contributed by atoms with Crippen molar-refractivity contribution in [1.82, 2.24) is 15.1 Å². The van der Waals surface area contributed by atoms with Crippen molar-refractivity contribution in [1.29, 1.82) is 0 Å². The Morgan fingerprint density at radius 1 is 1.00 bits per heavy atom. The summed E-state index contributed by atoms with van der Waals surface area (Å²) in [4.78, 5) is 50.1. The predicted octanol–water partition coefficient (Wildman–Crippen LogP) is 2.11. The molecule has 1 atom stereocenters. The number of carbonyl (C=O) groups is 3. The molecule has 1 N–H and O–H groups in total. The van der Waals surface area contributed by atoms with E-state index < -0.39 is 30.5 Å². The van der Waals surface area contributed by atoms with Gasteiger partial charge in [0, 0.05) is 18.4 Å². The zero-order valence-electron chi connectivity index (χ0n) is 19.3. The molecule has 0 aliphatic rings. The van der Waals surface area contributed by atoms with Crippen LogP contribution in [0.2, 0.25) is 0 Å². The van der Waals surface area contributed by atoms with Crippen LogP contribution >= 0.6 is 0 Å². The Hall–Kier alpha value is -4.01. The van der Waals surface area contributed by atoms with Crippen molar-refractivity contribution in [2.45, 2.75) is 32.9 Å². The lowest BCUT2D eigenvalue weighted by Crippen LogP contribution is -2.44. The van der Waals surface area contributed by atoms with Crippen LogP contribution in [0.1, 0.15) is 29.9 Å². The largest absolute Gasteiger partial charge is 0.467 e. The first kappa shape index (κ1) is 24.6. The van der Waals surface area contributed by atoms with Gasteiger partial charge in [-0.3, -0.25) is 9.59 Å². The van der Waals surface area contributed by atoms with Crippen molar-refractivity contribution in [2.75, 3.05) is 13.7 Å². The molecule has 0 radical (unpaired) electrons. The van der Waals surface area contributed by atoms with Gasteiger partial charge in [-0.25, -0.2) is 14.3 Å². The van der Waals surface area contributed by atoms with Gasteiger partial charge in [0.1, 0.15) is 6.04 Å². The number of esters is 2. The van der Waals surface area contributed by atoms with Crippen molar-refractivity contribution in [3.05, 3.63) is 76.2 Å². The molecule has 0 fully saturated rings. The lowest BCUT2D eigenvalue weighted by Gasteiger charge is -2.17. The molecule has 0 aliphatic heterocycles. The fraction of sp³-hybridized carbons (Fsp3) is 0.320. The fourth-order valence-corrected chi connectivity index (χ4v) is 3.48. The molecule has 0 saturated carbocycles. The summed E-state index contributed by atoms with van der Waals surface area (Å²) >= 11 is 0. The fourth-order valence-electron chi connectivity index (χ4n) is 3.48. The minimum atomic E-state index is -0.939. The number of hydrogen-bond acceptors (Lipinski definition) is 7. The molecule has 1 unspecified atom stereocenters. The number of aromatic nitrogens is 2. The standard InChI is InChI=1S/C25H27N3O6/c1-16(2)14-28-23(30)19-12-8-7-11-18(19)22(27-28)25(32)34-15-21(29)26-20(24(31)33-3)13-17-9-5-4-6-10-17/h4-12,16,20H,13-15H2,1-3H3,(H,26,29). The van der Waals surface area contributed by atoms with E-state index in [0.717, 1.165) is 5.56 Å². The minimum Gasteiger partial charge on any atom is -0.467 e. The third-order valence-electron chi connectivity index (χ3n) is 5.04. The first-order chi connectivity index (χ1) is 16.3. The third-order valence-corrected chi connectivity index (χ3v) is 5.04. The van der Waals surface area contributed by atoms with Crippen molar-refractivity contribution < 1.29 is 23.9 Å². The van der Waals surface area contributed by atoms with E-state index in [1.807, 2.05) is 44.2 Å². The van der Waals surface area contributed by atoms with Gasteiger partial charge in [0.05, 0.1) is 12.5 Å². The predicted molar refractivity (Wildman–Crippen MR) is 125 cm³/mol. The normalized spacial score (nSPS) is 11.8. The van der Waals surface area contributed by atoms with Gasteiger partial charge in [0.15, 0.2) is 12.3 Å². The van der Waals surface area contributed by atoms with E-state index in [1.54, 1.807) is 24.3 Å². The highest BCUT2D eigenvalue weighted by Crippen LogP contribution is 2.15. The van der Waals surface area contributed by atoms with E-state index in [9.17, 15) is 19.2 Å². The second-order valence-electron chi connectivity index (χ2n) is 8.18. The van der Waals surface area contributed by atoms with Crippen LogP contribution in [-0.4, -0.2) is 47.4 Å². The smallest absolute Gasteiger partial charge is 0.359 e. The lowest BCUT2D eigenvalue weighted by atomic mass is 10.1. The molecule has 0 saturated heterocycles. The number of hydrogen-bond donors (Lipinski definition) is 1. The molecular weight excluding hydrogens is 438 g/mol. The van der Waals surface area contributed by atoms with E-state index in [4.69, 9.17) is 9.47 Å². The summed E-state index contributed by atoms with van der Waals surface area (Å²) in [6.07, 6.45) is 0.222. The van der Waals surface area contributed by atoms with Gasteiger partial charge in [-0.15, -0.1) is 0 Å². The molecular formula is C25H27N3O6. The molecule has 0 spiro atoms. The Labute approximate surface area is 196 Å². The Morgan fingerprint density at radius 3 is 2.29 bits per heavy atom. The van der Waals surface area contributed by atoms with Gasteiger partial charge in [0.25, 0.3) is 11.5 Å². The Balaban J connectivity index is 1.74. The second kappa shape index (κ2) is 11.2. The molecule has 1 aromatic heterocycles. The molecule has 9 heteroatoms. The van der Waals surface area contributed by atoms with Gasteiger partial charge in [-0.05, 0) is 17.5 Å². The number of rotatable bonds is 9. The van der Waals surface area contributed by atoms with Gasteiger partial charge < -0.3 is 14.8 Å². The van der Waals surface area contributed by atoms with E-state index in [2.05, 4.69) is 10.4 Å². The zero-order valence-corrected chi connectivity index (χ0v) is 19.3. The summed E-state index contributed by atoms with van der Waals surface area (Å²) in [6.45, 7) is 3.56. The monoisotopic (exact) mass is 465 g/mol. The van der Waals surface area contributed by atoms with Crippen molar-refractivity contribution in [3.8, 4) is 0 Å². The summed E-state index contributed by atoms with van der Waals surface area (Å²) < 4.78 is 11.2. The zero-order chi connectivity index (χ0) is 24.7. The number of carbonyl (C=O) groups excluding carboxylic acids is 3. The third kappa shape index (κ3) is 6.06. The number of nitrogens with zero attached hydrogens (tertiary/aromatic N) is 2. The van der Waals surface area contributed by atoms with Crippen LogP contribution in [0, 0.1) is 5.92 Å². The molecule has 34 heavy (non-hydrogen) atoms. The van der Waals surface area contributed by atoms with Crippen LogP contribution in [0.5, 0.6) is 0 Å². The second-order valence-corrected chi connectivity index (χ2v) is 8.18. The average molecular weight is 466 g/mol. The number of fused-ring (bicyclic) bond motifs is 1. The highest BCUT2D eigenvalue weighted by atomic mass is 16.5. The van der Waals surface area contributed by atoms with Gasteiger partial charge in [0.2, 0.25) is 0 Å². The number of benzene rings is 2. The van der Waals surface area contributed by atoms with Crippen molar-refractivity contribution >= 4 is 28.6 Å². The van der Waals surface area contributed by atoms with E-state index >= 15 is 0 Å². The van der Waals surface area contributed by atoms with Crippen LogP contribution < -0.4 is 10.9 Å². The molecule has 0 aliphatic carbocycles. The van der Waals surface area contributed by atoms with Crippen molar-refractivity contribution in [2.24, 2.45) is 5.92 Å². The Kier molecular flexibility index (Phi) is 8.13. The minimum absolute atomic E-state index is 0.0579. The van der Waals surface area contributed by atoms with E-state index in [-0.39, 0.29) is 23.6 Å². The molecule has 1 heterocycles. The molecule has 1 amide bonds. The highest BCUT2D eigenvalue weighted by Gasteiger charge is 2.24. The summed E-state index contributed by atoms with van der Waals surface area (Å²) in [5.41, 5.74) is 0.469. The summed E-state index contributed by atoms with van der Waals surface area (Å²) in [7, 11) is 1.23. The van der Waals surface area contributed by atoms with Crippen LogP contribution in [0.4, 0.5) is 0 Å². The highest BCUT2D eigenvalue weighted by molar-refractivity contribution is 6.02. The van der Waals surface area contributed by atoms with Gasteiger partial charge >= 0.3 is 11.9 Å². The summed E-state index contributed by atoms with van der Waals surface area (Å²) in [6, 6.07) is 14.8. The van der Waals surface area contributed by atoms with Crippen LogP contribution in [-0.2, 0) is 32.0 Å². The number of amides is 1. The van der Waals surface area contributed by atoms with Crippen LogP contribution in [0.3, 0.4) is 0 Å². The number of methoxy groups -OCH3 is 1. The van der Waals surface area contributed by atoms with Crippen molar-refractivity contribution in [3.63, 3.8) is 0 Å². The van der Waals surface area contributed by atoms with E-state index in [1.165, 1.54) is 11.8 Å². The number of ether oxygens (including phenoxy) is 2. The maximum atomic E-state index is 12.8. The lowest BCUT2D eigenvalue weighted by molar-refractivity contribution is -0.145. The maximum absolute atomic E-state index is 12.8. The molecule has 0 bridgehead atoms. The summed E-state index contributed by atoms with van der Waals surface area (Å²) in [5.74, 6) is -2.00. The molecule has 3 aromatic rings. The summed E-state index contributed by atoms with van der Waals surface area (Å²) in [5, 5.41) is 7.42. The topological polar surface area (TPSA) is 117 Å². The first-order valence-corrected chi connectivity index (χ1v) is 10.9. The molecule has 178 valence electrons. The van der Waals surface area contributed by atoms with Crippen LogP contribution in [0.25, 0.3) is 10.8 Å².